The summed E-state index contributed by atoms with van der Waals surface area (Å²) >= 11 is 1.20. The zero-order chi connectivity index (χ0) is 22.0. The molecular formula is C21H24N4O4S2. The van der Waals surface area contributed by atoms with Crippen LogP contribution in [0.2, 0.25) is 0 Å². The number of nitrogens with zero attached hydrogens (tertiary/aromatic N) is 3. The number of thiophene rings is 1. The van der Waals surface area contributed by atoms with Gasteiger partial charge >= 0.3 is 6.01 Å². The number of anilines is 1. The average Bonchev–Trinajstić information content (AvgIpc) is 3.43. The molecule has 1 aliphatic rings. The first-order valence-electron chi connectivity index (χ1n) is 10.1. The number of hydrogen-bond donors (Lipinski definition) is 1. The van der Waals surface area contributed by atoms with Gasteiger partial charge in [-0.2, -0.15) is 4.31 Å². The third-order valence-electron chi connectivity index (χ3n) is 5.45. The molecule has 0 atom stereocenters. The van der Waals surface area contributed by atoms with Crippen molar-refractivity contribution in [3.63, 3.8) is 0 Å². The number of aryl methyl sites for hydroxylation is 2. The SMILES string of the molecule is Cc1ccc(Cc2nnc(NC(=O)C3CCN(S(=O)(=O)c4cccs4)CC3)o2)c(C)c1. The summed E-state index contributed by atoms with van der Waals surface area (Å²) in [7, 11) is -3.48. The van der Waals surface area contributed by atoms with Crippen molar-refractivity contribution in [2.75, 3.05) is 18.4 Å². The van der Waals surface area contributed by atoms with Gasteiger partial charge in [-0.05, 0) is 49.3 Å². The monoisotopic (exact) mass is 460 g/mol. The van der Waals surface area contributed by atoms with E-state index in [9.17, 15) is 13.2 Å². The molecule has 164 valence electrons. The molecule has 0 saturated carbocycles. The second-order valence-electron chi connectivity index (χ2n) is 7.71. The minimum Gasteiger partial charge on any atom is -0.407 e. The molecule has 0 unspecified atom stereocenters. The summed E-state index contributed by atoms with van der Waals surface area (Å²) in [6, 6.07) is 9.55. The molecule has 0 aliphatic carbocycles. The second-order valence-corrected chi connectivity index (χ2v) is 10.8. The fourth-order valence-electron chi connectivity index (χ4n) is 3.69. The minimum atomic E-state index is -3.48. The number of carbonyl (C=O) groups is 1. The van der Waals surface area contributed by atoms with E-state index < -0.39 is 10.0 Å². The van der Waals surface area contributed by atoms with Crippen LogP contribution in [-0.4, -0.2) is 41.9 Å². The van der Waals surface area contributed by atoms with E-state index in [1.165, 1.54) is 21.2 Å². The molecule has 10 heteroatoms. The van der Waals surface area contributed by atoms with E-state index in [0.29, 0.717) is 42.5 Å². The summed E-state index contributed by atoms with van der Waals surface area (Å²) in [5.74, 6) is -0.0986. The Bertz CT molecular complexity index is 1160. The summed E-state index contributed by atoms with van der Waals surface area (Å²) in [5.41, 5.74) is 3.42. The molecule has 1 aromatic carbocycles. The minimum absolute atomic E-state index is 0.0680. The molecule has 1 aliphatic heterocycles. The third kappa shape index (κ3) is 4.86. The van der Waals surface area contributed by atoms with Gasteiger partial charge in [0.2, 0.25) is 11.8 Å². The van der Waals surface area contributed by atoms with Crippen molar-refractivity contribution in [2.45, 2.75) is 37.3 Å². The van der Waals surface area contributed by atoms with Crippen molar-refractivity contribution < 1.29 is 17.6 Å². The number of rotatable bonds is 6. The maximum atomic E-state index is 12.6. The Labute approximate surface area is 185 Å². The van der Waals surface area contributed by atoms with Gasteiger partial charge in [0, 0.05) is 19.0 Å². The van der Waals surface area contributed by atoms with E-state index in [1.54, 1.807) is 17.5 Å². The third-order valence-corrected chi connectivity index (χ3v) is 8.72. The highest BCUT2D eigenvalue weighted by Crippen LogP contribution is 2.27. The standard InChI is InChI=1S/C21H24N4O4S2/c1-14-5-6-17(15(2)12-14)13-18-23-24-21(29-18)22-20(26)16-7-9-25(10-8-16)31(27,28)19-4-3-11-30-19/h3-6,11-12,16H,7-10,13H2,1-2H3,(H,22,24,26). The van der Waals surface area contributed by atoms with Gasteiger partial charge in [-0.15, -0.1) is 16.4 Å². The van der Waals surface area contributed by atoms with Gasteiger partial charge in [-0.25, -0.2) is 8.42 Å². The molecular weight excluding hydrogens is 436 g/mol. The number of piperidine rings is 1. The Morgan fingerprint density at radius 2 is 2.00 bits per heavy atom. The molecule has 4 rings (SSSR count). The van der Waals surface area contributed by atoms with E-state index in [4.69, 9.17) is 4.42 Å². The summed E-state index contributed by atoms with van der Waals surface area (Å²) in [6.45, 7) is 4.69. The molecule has 8 nitrogen and oxygen atoms in total. The van der Waals surface area contributed by atoms with Crippen LogP contribution in [-0.2, 0) is 21.2 Å². The maximum absolute atomic E-state index is 12.6. The van der Waals surface area contributed by atoms with Crippen molar-refractivity contribution in [2.24, 2.45) is 5.92 Å². The lowest BCUT2D eigenvalue weighted by Gasteiger charge is -2.29. The normalized spacial score (nSPS) is 15.8. The van der Waals surface area contributed by atoms with Crippen molar-refractivity contribution in [3.05, 3.63) is 58.3 Å². The number of benzene rings is 1. The van der Waals surface area contributed by atoms with Crippen molar-refractivity contribution in [3.8, 4) is 0 Å². The highest BCUT2D eigenvalue weighted by molar-refractivity contribution is 7.91. The number of hydrogen-bond acceptors (Lipinski definition) is 7. The molecule has 0 radical (unpaired) electrons. The second kappa shape index (κ2) is 8.89. The van der Waals surface area contributed by atoms with Gasteiger partial charge in [0.25, 0.3) is 10.0 Å². The molecule has 1 N–H and O–H groups in total. The number of aromatic nitrogens is 2. The predicted octanol–water partition coefficient (Wildman–Crippen LogP) is 3.38. The van der Waals surface area contributed by atoms with E-state index in [0.717, 1.165) is 11.1 Å². The van der Waals surface area contributed by atoms with Crippen LogP contribution in [0.15, 0.2) is 44.3 Å². The molecule has 1 fully saturated rings. The van der Waals surface area contributed by atoms with Gasteiger partial charge in [0.1, 0.15) is 4.21 Å². The highest BCUT2D eigenvalue weighted by atomic mass is 32.2. The van der Waals surface area contributed by atoms with Crippen LogP contribution in [0, 0.1) is 19.8 Å². The summed E-state index contributed by atoms with van der Waals surface area (Å²) in [4.78, 5) is 12.6. The first kappa shape index (κ1) is 21.7. The van der Waals surface area contributed by atoms with E-state index in [2.05, 4.69) is 21.6 Å². The summed E-state index contributed by atoms with van der Waals surface area (Å²) in [5, 5.41) is 12.4. The number of amides is 1. The van der Waals surface area contributed by atoms with Crippen molar-refractivity contribution in [1.82, 2.24) is 14.5 Å². The zero-order valence-electron chi connectivity index (χ0n) is 17.4. The number of nitrogens with one attached hydrogen (secondary N) is 1. The maximum Gasteiger partial charge on any atom is 0.322 e. The topological polar surface area (TPSA) is 105 Å². The number of carbonyl (C=O) groups excluding carboxylic acids is 1. The molecule has 3 heterocycles. The average molecular weight is 461 g/mol. The van der Waals surface area contributed by atoms with Gasteiger partial charge in [-0.1, -0.05) is 34.9 Å². The summed E-state index contributed by atoms with van der Waals surface area (Å²) < 4.78 is 32.6. The lowest BCUT2D eigenvalue weighted by molar-refractivity contribution is -0.121. The van der Waals surface area contributed by atoms with Crippen molar-refractivity contribution in [1.29, 1.82) is 0 Å². The molecule has 3 aromatic rings. The molecule has 1 saturated heterocycles. The van der Waals surface area contributed by atoms with Gasteiger partial charge in [0.05, 0.1) is 6.42 Å². The predicted molar refractivity (Wildman–Crippen MR) is 117 cm³/mol. The Hall–Kier alpha value is -2.56. The van der Waals surface area contributed by atoms with Gasteiger partial charge in [-0.3, -0.25) is 10.1 Å². The molecule has 2 aromatic heterocycles. The van der Waals surface area contributed by atoms with E-state index in [-0.39, 0.29) is 17.8 Å². The molecule has 1 amide bonds. The molecule has 31 heavy (non-hydrogen) atoms. The van der Waals surface area contributed by atoms with Crippen LogP contribution < -0.4 is 5.32 Å². The lowest BCUT2D eigenvalue weighted by atomic mass is 9.97. The highest BCUT2D eigenvalue weighted by Gasteiger charge is 2.33. The van der Waals surface area contributed by atoms with Crippen molar-refractivity contribution >= 4 is 33.3 Å². The van der Waals surface area contributed by atoms with Crippen LogP contribution in [0.1, 0.15) is 35.4 Å². The van der Waals surface area contributed by atoms with Crippen LogP contribution in [0.25, 0.3) is 0 Å². The fourth-order valence-corrected chi connectivity index (χ4v) is 6.30. The summed E-state index contributed by atoms with van der Waals surface area (Å²) in [6.07, 6.45) is 1.38. The molecule has 0 spiro atoms. The van der Waals surface area contributed by atoms with E-state index in [1.807, 2.05) is 26.0 Å². The van der Waals surface area contributed by atoms with Crippen LogP contribution in [0.3, 0.4) is 0 Å². The van der Waals surface area contributed by atoms with Crippen LogP contribution in [0.5, 0.6) is 0 Å². The van der Waals surface area contributed by atoms with Gasteiger partial charge < -0.3 is 4.42 Å². The first-order chi connectivity index (χ1) is 14.8. The Kier molecular flexibility index (Phi) is 6.22. The Morgan fingerprint density at radius 1 is 1.23 bits per heavy atom. The quantitative estimate of drug-likeness (QED) is 0.605. The number of sulfonamides is 1. The largest absolute Gasteiger partial charge is 0.407 e. The Morgan fingerprint density at radius 3 is 2.68 bits per heavy atom. The Balaban J connectivity index is 1.32. The van der Waals surface area contributed by atoms with Crippen LogP contribution >= 0.6 is 11.3 Å². The zero-order valence-corrected chi connectivity index (χ0v) is 19.0. The first-order valence-corrected chi connectivity index (χ1v) is 12.4. The fraction of sp³-hybridized carbons (Fsp3) is 0.381. The van der Waals surface area contributed by atoms with Crippen LogP contribution in [0.4, 0.5) is 6.01 Å². The molecule has 0 bridgehead atoms. The van der Waals surface area contributed by atoms with Gasteiger partial charge in [0.15, 0.2) is 0 Å². The smallest absolute Gasteiger partial charge is 0.322 e. The lowest BCUT2D eigenvalue weighted by Crippen LogP contribution is -2.41. The van der Waals surface area contributed by atoms with E-state index >= 15 is 0 Å².